The molecule has 4 nitrogen and oxygen atoms in total. The Morgan fingerprint density at radius 1 is 1.11 bits per heavy atom. The van der Waals surface area contributed by atoms with Crippen LogP contribution < -0.4 is 16.4 Å². The highest BCUT2D eigenvalue weighted by Gasteiger charge is 2.42. The van der Waals surface area contributed by atoms with Crippen LogP contribution in [-0.4, -0.2) is 30.7 Å². The zero-order valence-corrected chi connectivity index (χ0v) is 17.1. The number of nitrogens with two attached hydrogens (primary N) is 1. The van der Waals surface area contributed by atoms with Crippen molar-refractivity contribution >= 4 is 30.7 Å². The lowest BCUT2D eigenvalue weighted by Gasteiger charge is -2.45. The number of nitrogens with one attached hydrogen (secondary N) is 2. The maximum Gasteiger partial charge on any atom is 0.407 e. The van der Waals surface area contributed by atoms with E-state index in [9.17, 15) is 18.0 Å². The molecular formula is C19H28Cl2F3N3O. The summed E-state index contributed by atoms with van der Waals surface area (Å²) in [6, 6.07) is 5.96. The van der Waals surface area contributed by atoms with Gasteiger partial charge in [0, 0.05) is 12.1 Å². The molecule has 0 saturated heterocycles. The van der Waals surface area contributed by atoms with Crippen LogP contribution >= 0.6 is 24.8 Å². The van der Waals surface area contributed by atoms with Crippen LogP contribution in [0.1, 0.15) is 43.7 Å². The third-order valence-corrected chi connectivity index (χ3v) is 5.63. The third-order valence-electron chi connectivity index (χ3n) is 5.63. The fourth-order valence-corrected chi connectivity index (χ4v) is 4.52. The first-order valence-electron chi connectivity index (χ1n) is 9.24. The largest absolute Gasteiger partial charge is 0.407 e. The lowest BCUT2D eigenvalue weighted by atomic mass is 9.67. The van der Waals surface area contributed by atoms with Gasteiger partial charge in [-0.3, -0.25) is 10.1 Å². The maximum absolute atomic E-state index is 13.3. The van der Waals surface area contributed by atoms with Crippen LogP contribution in [0.2, 0.25) is 0 Å². The normalized spacial score (nSPS) is 27.7. The molecule has 0 aliphatic heterocycles. The molecule has 1 amide bonds. The molecule has 4 N–H and O–H groups in total. The van der Waals surface area contributed by atoms with E-state index >= 15 is 0 Å². The zero-order valence-electron chi connectivity index (χ0n) is 15.5. The van der Waals surface area contributed by atoms with E-state index in [-0.39, 0.29) is 54.9 Å². The van der Waals surface area contributed by atoms with Gasteiger partial charge >= 0.3 is 6.18 Å². The number of hydrogen-bond acceptors (Lipinski definition) is 3. The average molecular weight is 442 g/mol. The highest BCUT2D eigenvalue weighted by Crippen LogP contribution is 2.39. The maximum atomic E-state index is 13.3. The minimum absolute atomic E-state index is 0. The molecule has 9 heteroatoms. The highest BCUT2D eigenvalue weighted by molar-refractivity contribution is 5.85. The molecule has 1 aromatic carbocycles. The van der Waals surface area contributed by atoms with Crippen molar-refractivity contribution in [2.45, 2.75) is 56.4 Å². The molecule has 2 bridgehead atoms. The Hall–Kier alpha value is -1.02. The molecule has 3 atom stereocenters. The number of alkyl halides is 3. The topological polar surface area (TPSA) is 67.1 Å². The van der Waals surface area contributed by atoms with Crippen molar-refractivity contribution in [3.8, 4) is 0 Å². The van der Waals surface area contributed by atoms with Gasteiger partial charge in [0.1, 0.15) is 6.04 Å². The standard InChI is InChI=1S/C19H26F3N3O.2ClH/c20-19(21,22)18(12-5-2-1-3-6-12)24-11-16(26)25-17-13-7-4-8-14(17)10-15(23)9-13;;/h1-3,5-6,13-15,17-18,24H,4,7-11,23H2,(H,25,26);2*1H. The summed E-state index contributed by atoms with van der Waals surface area (Å²) in [4.78, 5) is 12.3. The number of amides is 1. The Kier molecular flexibility index (Phi) is 9.53. The van der Waals surface area contributed by atoms with Crippen molar-refractivity contribution < 1.29 is 18.0 Å². The molecule has 3 unspecified atom stereocenters. The number of hydrogen-bond donors (Lipinski definition) is 3. The number of carbonyl (C=O) groups excluding carboxylic acids is 1. The van der Waals surface area contributed by atoms with E-state index in [1.165, 1.54) is 12.1 Å². The van der Waals surface area contributed by atoms with Crippen molar-refractivity contribution in [2.75, 3.05) is 6.54 Å². The fraction of sp³-hybridized carbons (Fsp3) is 0.632. The van der Waals surface area contributed by atoms with E-state index in [1.807, 2.05) is 0 Å². The summed E-state index contributed by atoms with van der Waals surface area (Å²) >= 11 is 0. The summed E-state index contributed by atoms with van der Waals surface area (Å²) in [5.41, 5.74) is 6.18. The van der Waals surface area contributed by atoms with Crippen molar-refractivity contribution in [1.29, 1.82) is 0 Å². The molecule has 3 rings (SSSR count). The fourth-order valence-electron chi connectivity index (χ4n) is 4.52. The predicted molar refractivity (Wildman–Crippen MR) is 108 cm³/mol. The van der Waals surface area contributed by atoms with Gasteiger partial charge in [-0.05, 0) is 43.1 Å². The molecule has 2 saturated carbocycles. The quantitative estimate of drug-likeness (QED) is 0.651. The van der Waals surface area contributed by atoms with Gasteiger partial charge in [0.25, 0.3) is 0 Å². The molecule has 0 aromatic heterocycles. The van der Waals surface area contributed by atoms with Gasteiger partial charge in [0.2, 0.25) is 5.91 Å². The van der Waals surface area contributed by atoms with E-state index in [4.69, 9.17) is 5.73 Å². The van der Waals surface area contributed by atoms with Crippen molar-refractivity contribution in [3.63, 3.8) is 0 Å². The van der Waals surface area contributed by atoms with Crippen molar-refractivity contribution in [1.82, 2.24) is 10.6 Å². The molecule has 2 aliphatic rings. The first-order valence-corrected chi connectivity index (χ1v) is 9.24. The second-order valence-corrected chi connectivity index (χ2v) is 7.54. The van der Waals surface area contributed by atoms with Gasteiger partial charge < -0.3 is 11.1 Å². The lowest BCUT2D eigenvalue weighted by molar-refractivity contribution is -0.158. The first-order chi connectivity index (χ1) is 12.3. The SMILES string of the molecule is Cl.Cl.NC1CC2CCCC(C1)C2NC(=O)CNC(c1ccccc1)C(F)(F)F. The van der Waals surface area contributed by atoms with Gasteiger partial charge in [0.05, 0.1) is 6.54 Å². The van der Waals surface area contributed by atoms with Crippen LogP contribution in [0.25, 0.3) is 0 Å². The summed E-state index contributed by atoms with van der Waals surface area (Å²) in [5, 5.41) is 5.35. The number of halogens is 5. The number of carbonyl (C=O) groups is 1. The van der Waals surface area contributed by atoms with Gasteiger partial charge in [-0.15, -0.1) is 24.8 Å². The predicted octanol–water partition coefficient (Wildman–Crippen LogP) is 3.75. The number of fused-ring (bicyclic) bond motifs is 2. The first kappa shape index (κ1) is 25.0. The second-order valence-electron chi connectivity index (χ2n) is 7.54. The monoisotopic (exact) mass is 441 g/mol. The highest BCUT2D eigenvalue weighted by atomic mass is 35.5. The molecule has 0 heterocycles. The summed E-state index contributed by atoms with van der Waals surface area (Å²) in [6.45, 7) is -0.360. The summed E-state index contributed by atoms with van der Waals surface area (Å²) in [5.74, 6) is 0.301. The summed E-state index contributed by atoms with van der Waals surface area (Å²) < 4.78 is 40.0. The zero-order chi connectivity index (χ0) is 18.7. The number of benzene rings is 1. The van der Waals surface area contributed by atoms with Gasteiger partial charge in [0.15, 0.2) is 0 Å². The van der Waals surface area contributed by atoms with Crippen molar-refractivity contribution in [2.24, 2.45) is 17.6 Å². The van der Waals surface area contributed by atoms with Gasteiger partial charge in [-0.1, -0.05) is 36.8 Å². The van der Waals surface area contributed by atoms with E-state index < -0.39 is 12.2 Å². The second kappa shape index (κ2) is 10.7. The van der Waals surface area contributed by atoms with Crippen molar-refractivity contribution in [3.05, 3.63) is 35.9 Å². The van der Waals surface area contributed by atoms with Gasteiger partial charge in [-0.2, -0.15) is 13.2 Å². The molecule has 160 valence electrons. The number of rotatable bonds is 5. The van der Waals surface area contributed by atoms with E-state index in [0.29, 0.717) is 11.8 Å². The third kappa shape index (κ3) is 6.24. The Balaban J connectivity index is 0.00000196. The molecule has 1 aromatic rings. The van der Waals surface area contributed by atoms with Crippen LogP contribution in [0.15, 0.2) is 30.3 Å². The van der Waals surface area contributed by atoms with Crippen LogP contribution in [0, 0.1) is 11.8 Å². The Labute approximate surface area is 176 Å². The smallest absolute Gasteiger partial charge is 0.352 e. The molecule has 0 spiro atoms. The van der Waals surface area contributed by atoms with Crippen LogP contribution in [-0.2, 0) is 4.79 Å². The minimum Gasteiger partial charge on any atom is -0.352 e. The van der Waals surface area contributed by atoms with Crippen LogP contribution in [0.4, 0.5) is 13.2 Å². The molecule has 28 heavy (non-hydrogen) atoms. The van der Waals surface area contributed by atoms with Crippen LogP contribution in [0.3, 0.4) is 0 Å². The van der Waals surface area contributed by atoms with Crippen LogP contribution in [0.5, 0.6) is 0 Å². The molecular weight excluding hydrogens is 414 g/mol. The lowest BCUT2D eigenvalue weighted by Crippen LogP contribution is -2.55. The Morgan fingerprint density at radius 3 is 2.21 bits per heavy atom. The van der Waals surface area contributed by atoms with Gasteiger partial charge in [-0.25, -0.2) is 0 Å². The Bertz CT molecular complexity index is 604. The van der Waals surface area contributed by atoms with E-state index in [0.717, 1.165) is 32.1 Å². The molecule has 2 fully saturated rings. The summed E-state index contributed by atoms with van der Waals surface area (Å²) in [6.07, 6.45) is 0.482. The minimum atomic E-state index is -4.46. The average Bonchev–Trinajstić information content (AvgIpc) is 2.55. The summed E-state index contributed by atoms with van der Waals surface area (Å²) in [7, 11) is 0. The van der Waals surface area contributed by atoms with E-state index in [1.54, 1.807) is 18.2 Å². The van der Waals surface area contributed by atoms with E-state index in [2.05, 4.69) is 10.6 Å². The molecule has 2 aliphatic carbocycles. The Morgan fingerprint density at radius 2 is 1.68 bits per heavy atom. The molecule has 0 radical (unpaired) electrons.